The number of halogens is 1. The molecule has 4 heteroatoms. The van der Waals surface area contributed by atoms with E-state index in [0.717, 1.165) is 36.0 Å². The largest absolute Gasteiger partial charge is 0.378 e. The van der Waals surface area contributed by atoms with Crippen LogP contribution in [0.25, 0.3) is 0 Å². The van der Waals surface area contributed by atoms with Crippen LogP contribution in [0.1, 0.15) is 31.4 Å². The maximum atomic E-state index is 6.14. The van der Waals surface area contributed by atoms with Crippen LogP contribution < -0.4 is 5.73 Å². The maximum Gasteiger partial charge on any atom is 0.0590 e. The molecule has 0 radical (unpaired) electrons. The molecule has 2 N–H and O–H groups in total. The van der Waals surface area contributed by atoms with Gasteiger partial charge in [-0.15, -0.1) is 0 Å². The minimum Gasteiger partial charge on any atom is -0.378 e. The number of aromatic nitrogens is 1. The number of nitrogens with two attached hydrogens (primary N) is 1. The van der Waals surface area contributed by atoms with Crippen molar-refractivity contribution in [3.8, 4) is 0 Å². The summed E-state index contributed by atoms with van der Waals surface area (Å²) in [5, 5.41) is 0. The first-order chi connectivity index (χ1) is 8.24. The molecule has 1 saturated heterocycles. The monoisotopic (exact) mass is 298 g/mol. The van der Waals surface area contributed by atoms with Crippen LogP contribution in [-0.2, 0) is 11.2 Å². The summed E-state index contributed by atoms with van der Waals surface area (Å²) in [6.45, 7) is 0.897. The number of rotatable bonds is 4. The standard InChI is InChI=1S/C13H19BrN2O/c14-10-4-5-12(16-9-10)7-11(15)8-13-3-1-2-6-17-13/h4-5,9,11,13H,1-3,6-8,15H2. The van der Waals surface area contributed by atoms with Crippen molar-refractivity contribution in [1.82, 2.24) is 4.98 Å². The summed E-state index contributed by atoms with van der Waals surface area (Å²) in [5.41, 5.74) is 7.20. The number of ether oxygens (including phenoxy) is 1. The van der Waals surface area contributed by atoms with Crippen LogP contribution in [-0.4, -0.2) is 23.7 Å². The first kappa shape index (κ1) is 13.0. The van der Waals surface area contributed by atoms with Crippen LogP contribution in [0.3, 0.4) is 0 Å². The molecule has 0 bridgehead atoms. The SMILES string of the molecule is NC(Cc1ccc(Br)cn1)CC1CCCCO1. The van der Waals surface area contributed by atoms with E-state index in [1.54, 1.807) is 0 Å². The second-order valence-corrected chi connectivity index (χ2v) is 5.57. The van der Waals surface area contributed by atoms with Crippen LogP contribution in [0.2, 0.25) is 0 Å². The van der Waals surface area contributed by atoms with Gasteiger partial charge in [0.1, 0.15) is 0 Å². The molecule has 0 aliphatic carbocycles. The van der Waals surface area contributed by atoms with Crippen LogP contribution in [0, 0.1) is 0 Å². The molecule has 2 heterocycles. The number of nitrogens with zero attached hydrogens (tertiary/aromatic N) is 1. The van der Waals surface area contributed by atoms with Gasteiger partial charge >= 0.3 is 0 Å². The van der Waals surface area contributed by atoms with E-state index in [2.05, 4.69) is 20.9 Å². The lowest BCUT2D eigenvalue weighted by atomic mass is 9.99. The Morgan fingerprint density at radius 3 is 3.00 bits per heavy atom. The van der Waals surface area contributed by atoms with E-state index in [4.69, 9.17) is 10.5 Å². The van der Waals surface area contributed by atoms with E-state index < -0.39 is 0 Å². The highest BCUT2D eigenvalue weighted by molar-refractivity contribution is 9.10. The van der Waals surface area contributed by atoms with Crippen molar-refractivity contribution in [3.63, 3.8) is 0 Å². The predicted molar refractivity (Wildman–Crippen MR) is 71.8 cm³/mol. The normalized spacial score (nSPS) is 22.4. The molecule has 1 aromatic heterocycles. The average Bonchev–Trinajstić information content (AvgIpc) is 2.33. The van der Waals surface area contributed by atoms with Crippen molar-refractivity contribution in [2.75, 3.05) is 6.61 Å². The number of pyridine rings is 1. The van der Waals surface area contributed by atoms with Gasteiger partial charge in [0, 0.05) is 35.4 Å². The third kappa shape index (κ3) is 4.37. The molecule has 0 spiro atoms. The van der Waals surface area contributed by atoms with Crippen molar-refractivity contribution >= 4 is 15.9 Å². The molecular weight excluding hydrogens is 280 g/mol. The van der Waals surface area contributed by atoms with Gasteiger partial charge in [0.15, 0.2) is 0 Å². The van der Waals surface area contributed by atoms with Crippen LogP contribution in [0.4, 0.5) is 0 Å². The highest BCUT2D eigenvalue weighted by Crippen LogP contribution is 2.18. The molecular formula is C13H19BrN2O. The van der Waals surface area contributed by atoms with Crippen LogP contribution >= 0.6 is 15.9 Å². The van der Waals surface area contributed by atoms with Gasteiger partial charge in [-0.25, -0.2) is 0 Å². The molecule has 0 saturated carbocycles. The Kier molecular flexibility index (Phi) is 4.95. The Labute approximate surface area is 111 Å². The van der Waals surface area contributed by atoms with Crippen molar-refractivity contribution in [2.45, 2.75) is 44.2 Å². The Morgan fingerprint density at radius 1 is 1.47 bits per heavy atom. The summed E-state index contributed by atoms with van der Waals surface area (Å²) < 4.78 is 6.70. The van der Waals surface area contributed by atoms with E-state index in [0.29, 0.717) is 6.10 Å². The second kappa shape index (κ2) is 6.47. The highest BCUT2D eigenvalue weighted by atomic mass is 79.9. The first-order valence-electron chi connectivity index (χ1n) is 6.21. The molecule has 0 amide bonds. The first-order valence-corrected chi connectivity index (χ1v) is 7.01. The van der Waals surface area contributed by atoms with Crippen LogP contribution in [0.5, 0.6) is 0 Å². The summed E-state index contributed by atoms with van der Waals surface area (Å²) in [6, 6.07) is 4.17. The van der Waals surface area contributed by atoms with E-state index >= 15 is 0 Å². The highest BCUT2D eigenvalue weighted by Gasteiger charge is 2.17. The molecule has 2 atom stereocenters. The van der Waals surface area contributed by atoms with E-state index in [1.807, 2.05) is 18.3 Å². The van der Waals surface area contributed by atoms with Gasteiger partial charge in [0.25, 0.3) is 0 Å². The van der Waals surface area contributed by atoms with Crippen molar-refractivity contribution in [2.24, 2.45) is 5.73 Å². The Bertz CT molecular complexity index is 336. The van der Waals surface area contributed by atoms with Crippen molar-refractivity contribution in [3.05, 3.63) is 28.5 Å². The molecule has 17 heavy (non-hydrogen) atoms. The quantitative estimate of drug-likeness (QED) is 0.930. The average molecular weight is 299 g/mol. The molecule has 2 unspecified atom stereocenters. The summed E-state index contributed by atoms with van der Waals surface area (Å²) in [6.07, 6.45) is 7.56. The molecule has 1 aliphatic rings. The lowest BCUT2D eigenvalue weighted by molar-refractivity contribution is 0.00743. The molecule has 94 valence electrons. The summed E-state index contributed by atoms with van der Waals surface area (Å²) in [7, 11) is 0. The van der Waals surface area contributed by atoms with Gasteiger partial charge in [-0.1, -0.05) is 0 Å². The zero-order chi connectivity index (χ0) is 12.1. The molecule has 1 aromatic rings. The molecule has 0 aromatic carbocycles. The minimum atomic E-state index is 0.145. The Hall–Kier alpha value is -0.450. The van der Waals surface area contributed by atoms with E-state index in [9.17, 15) is 0 Å². The fourth-order valence-electron chi connectivity index (χ4n) is 2.21. The van der Waals surface area contributed by atoms with Crippen molar-refractivity contribution < 1.29 is 4.74 Å². The van der Waals surface area contributed by atoms with Gasteiger partial charge in [0.05, 0.1) is 6.10 Å². The third-order valence-electron chi connectivity index (χ3n) is 3.10. The fourth-order valence-corrected chi connectivity index (χ4v) is 2.44. The summed E-state index contributed by atoms with van der Waals surface area (Å²) in [4.78, 5) is 4.34. The maximum absolute atomic E-state index is 6.14. The van der Waals surface area contributed by atoms with E-state index in [1.165, 1.54) is 12.8 Å². The molecule has 2 rings (SSSR count). The Morgan fingerprint density at radius 2 is 2.35 bits per heavy atom. The lowest BCUT2D eigenvalue weighted by Crippen LogP contribution is -2.31. The summed E-state index contributed by atoms with van der Waals surface area (Å²) in [5.74, 6) is 0. The van der Waals surface area contributed by atoms with Gasteiger partial charge in [0.2, 0.25) is 0 Å². The zero-order valence-electron chi connectivity index (χ0n) is 9.94. The van der Waals surface area contributed by atoms with Crippen molar-refractivity contribution in [1.29, 1.82) is 0 Å². The smallest absolute Gasteiger partial charge is 0.0590 e. The van der Waals surface area contributed by atoms with Gasteiger partial charge in [-0.2, -0.15) is 0 Å². The van der Waals surface area contributed by atoms with Gasteiger partial charge in [-0.05, 0) is 53.7 Å². The predicted octanol–water partition coefficient (Wildman–Crippen LogP) is 2.67. The third-order valence-corrected chi connectivity index (χ3v) is 3.57. The summed E-state index contributed by atoms with van der Waals surface area (Å²) >= 11 is 3.38. The number of hydrogen-bond acceptors (Lipinski definition) is 3. The fraction of sp³-hybridized carbons (Fsp3) is 0.615. The van der Waals surface area contributed by atoms with Gasteiger partial charge < -0.3 is 10.5 Å². The minimum absolute atomic E-state index is 0.145. The molecule has 3 nitrogen and oxygen atoms in total. The van der Waals surface area contributed by atoms with Gasteiger partial charge in [-0.3, -0.25) is 4.98 Å². The zero-order valence-corrected chi connectivity index (χ0v) is 11.5. The lowest BCUT2D eigenvalue weighted by Gasteiger charge is -2.25. The molecule has 1 fully saturated rings. The number of hydrogen-bond donors (Lipinski definition) is 1. The van der Waals surface area contributed by atoms with Crippen LogP contribution in [0.15, 0.2) is 22.8 Å². The second-order valence-electron chi connectivity index (χ2n) is 4.66. The molecule has 1 aliphatic heterocycles. The Balaban J connectivity index is 1.79. The van der Waals surface area contributed by atoms with E-state index in [-0.39, 0.29) is 6.04 Å². The topological polar surface area (TPSA) is 48.1 Å².